The second-order valence-electron chi connectivity index (χ2n) is 8.09. The first kappa shape index (κ1) is 19.2. The van der Waals surface area contributed by atoms with Crippen molar-refractivity contribution in [1.29, 1.82) is 0 Å². The molecule has 2 nitrogen and oxygen atoms in total. The van der Waals surface area contributed by atoms with Crippen molar-refractivity contribution < 1.29 is 9.31 Å². The summed E-state index contributed by atoms with van der Waals surface area (Å²) in [4.78, 5) is 1.21. The van der Waals surface area contributed by atoms with Crippen molar-refractivity contribution in [2.45, 2.75) is 38.9 Å². The highest BCUT2D eigenvalue weighted by Crippen LogP contribution is 2.44. The van der Waals surface area contributed by atoms with Gasteiger partial charge < -0.3 is 9.31 Å². The minimum absolute atomic E-state index is 0.394. The van der Waals surface area contributed by atoms with Gasteiger partial charge >= 0.3 is 7.12 Å². The van der Waals surface area contributed by atoms with Crippen molar-refractivity contribution in [1.82, 2.24) is 0 Å². The van der Waals surface area contributed by atoms with Gasteiger partial charge in [0.25, 0.3) is 0 Å². The molecule has 1 fully saturated rings. The van der Waals surface area contributed by atoms with Crippen LogP contribution in [0.5, 0.6) is 0 Å². The van der Waals surface area contributed by atoms with E-state index in [1.165, 1.54) is 16.0 Å². The number of hydrogen-bond donors (Lipinski definition) is 0. The second-order valence-corrected chi connectivity index (χ2v) is 9.03. The van der Waals surface area contributed by atoms with E-state index in [1.54, 1.807) is 11.3 Å². The zero-order chi connectivity index (χ0) is 19.8. The van der Waals surface area contributed by atoms with E-state index in [9.17, 15) is 0 Å². The third-order valence-electron chi connectivity index (χ3n) is 5.67. The van der Waals surface area contributed by atoms with Crippen molar-refractivity contribution in [3.05, 3.63) is 94.2 Å². The molecule has 2 aromatic carbocycles. The average molecular weight is 388 g/mol. The van der Waals surface area contributed by atoms with Gasteiger partial charge in [-0.15, -0.1) is 11.3 Å². The molecule has 0 amide bonds. The third kappa shape index (κ3) is 3.48. The smallest absolute Gasteiger partial charge is 0.399 e. The van der Waals surface area contributed by atoms with Crippen LogP contribution in [-0.4, -0.2) is 18.3 Å². The van der Waals surface area contributed by atoms with Gasteiger partial charge in [-0.05, 0) is 61.3 Å². The molecule has 2 heterocycles. The Morgan fingerprint density at radius 3 is 1.75 bits per heavy atom. The van der Waals surface area contributed by atoms with E-state index in [0.29, 0.717) is 0 Å². The van der Waals surface area contributed by atoms with Gasteiger partial charge in [-0.25, -0.2) is 0 Å². The van der Waals surface area contributed by atoms with Crippen molar-refractivity contribution in [3.8, 4) is 0 Å². The van der Waals surface area contributed by atoms with Crippen LogP contribution in [0.2, 0.25) is 0 Å². The van der Waals surface area contributed by atoms with E-state index < -0.39 is 18.3 Å². The maximum absolute atomic E-state index is 6.51. The van der Waals surface area contributed by atoms with Crippen molar-refractivity contribution in [2.24, 2.45) is 0 Å². The Morgan fingerprint density at radius 2 is 1.25 bits per heavy atom. The zero-order valence-corrected chi connectivity index (χ0v) is 17.6. The first-order valence-corrected chi connectivity index (χ1v) is 10.5. The summed E-state index contributed by atoms with van der Waals surface area (Å²) >= 11 is 1.74. The molecule has 0 saturated carbocycles. The van der Waals surface area contributed by atoms with Gasteiger partial charge in [0.2, 0.25) is 0 Å². The fraction of sp³-hybridized carbons (Fsp3) is 0.250. The molecule has 1 aliphatic heterocycles. The molecule has 1 aromatic heterocycles. The van der Waals surface area contributed by atoms with E-state index >= 15 is 0 Å². The molecule has 0 radical (unpaired) electrons. The van der Waals surface area contributed by atoms with E-state index in [1.807, 2.05) is 12.1 Å². The summed E-state index contributed by atoms with van der Waals surface area (Å²) in [6, 6.07) is 25.2. The van der Waals surface area contributed by atoms with Gasteiger partial charge in [0.1, 0.15) is 0 Å². The van der Waals surface area contributed by atoms with E-state index in [4.69, 9.17) is 9.31 Å². The van der Waals surface area contributed by atoms with Gasteiger partial charge in [-0.1, -0.05) is 66.7 Å². The average Bonchev–Trinajstić information content (AvgIpc) is 3.27. The molecule has 0 N–H and O–H groups in total. The summed E-state index contributed by atoms with van der Waals surface area (Å²) in [5.74, 6) is 0. The van der Waals surface area contributed by atoms with Crippen molar-refractivity contribution in [2.75, 3.05) is 0 Å². The van der Waals surface area contributed by atoms with Crippen LogP contribution in [0, 0.1) is 0 Å². The van der Waals surface area contributed by atoms with E-state index in [-0.39, 0.29) is 0 Å². The van der Waals surface area contributed by atoms with Gasteiger partial charge in [-0.2, -0.15) is 0 Å². The topological polar surface area (TPSA) is 18.5 Å². The highest BCUT2D eigenvalue weighted by molar-refractivity contribution is 7.11. The summed E-state index contributed by atoms with van der Waals surface area (Å²) in [6.07, 6.45) is 0. The van der Waals surface area contributed by atoms with Gasteiger partial charge in [0.15, 0.2) is 0 Å². The second kappa shape index (κ2) is 7.36. The van der Waals surface area contributed by atoms with Gasteiger partial charge in [-0.3, -0.25) is 0 Å². The van der Waals surface area contributed by atoms with Crippen LogP contribution >= 0.6 is 11.3 Å². The van der Waals surface area contributed by atoms with Crippen LogP contribution in [0.25, 0.3) is 11.0 Å². The lowest BCUT2D eigenvalue weighted by atomic mass is 9.69. The Morgan fingerprint density at radius 1 is 0.714 bits per heavy atom. The molecule has 142 valence electrons. The van der Waals surface area contributed by atoms with Crippen molar-refractivity contribution >= 4 is 29.5 Å². The molecular formula is C24H25BO2S. The normalized spacial score (nSPS) is 18.8. The molecule has 1 aliphatic rings. The first-order chi connectivity index (χ1) is 13.4. The Labute approximate surface area is 172 Å². The van der Waals surface area contributed by atoms with Crippen LogP contribution in [0.3, 0.4) is 0 Å². The molecule has 4 heteroatoms. The molecule has 28 heavy (non-hydrogen) atoms. The highest BCUT2D eigenvalue weighted by Gasteiger charge is 2.53. The number of hydrogen-bond acceptors (Lipinski definition) is 3. The molecule has 4 rings (SSSR count). The summed E-state index contributed by atoms with van der Waals surface area (Å²) < 4.78 is 13.0. The summed E-state index contributed by atoms with van der Waals surface area (Å²) in [5, 5.41) is 2.12. The first-order valence-electron chi connectivity index (χ1n) is 9.63. The lowest BCUT2D eigenvalue weighted by Crippen LogP contribution is -2.41. The molecule has 0 spiro atoms. The van der Waals surface area contributed by atoms with Crippen LogP contribution in [0.1, 0.15) is 43.7 Å². The molecule has 1 saturated heterocycles. The maximum Gasteiger partial charge on any atom is 0.496 e. The molecular weight excluding hydrogens is 363 g/mol. The standard InChI is InChI=1S/C24H25BO2S/c1-23(2)24(3,4)27-25(26-23)22(19-14-9-6-10-15-19)21(20-16-11-17-28-20)18-12-7-5-8-13-18/h5-17H,1-4H3/b22-21-. The fourth-order valence-electron chi connectivity index (χ4n) is 3.43. The minimum atomic E-state index is -0.440. The third-order valence-corrected chi connectivity index (χ3v) is 6.56. The number of rotatable bonds is 4. The minimum Gasteiger partial charge on any atom is -0.399 e. The van der Waals surface area contributed by atoms with Gasteiger partial charge in [0.05, 0.1) is 11.2 Å². The Bertz CT molecular complexity index is 944. The SMILES string of the molecule is CC1(C)OB(/C(=C(/c2ccccc2)c2cccs2)c2ccccc2)OC1(C)C. The van der Waals surface area contributed by atoms with Gasteiger partial charge in [0, 0.05) is 4.88 Å². The number of thiophene rings is 1. The predicted octanol–water partition coefficient (Wildman–Crippen LogP) is 6.34. The van der Waals surface area contributed by atoms with E-state index in [0.717, 1.165) is 11.0 Å². The van der Waals surface area contributed by atoms with E-state index in [2.05, 4.69) is 93.7 Å². The van der Waals surface area contributed by atoms with Crippen LogP contribution in [-0.2, 0) is 9.31 Å². The number of benzene rings is 2. The quantitative estimate of drug-likeness (QED) is 0.384. The summed E-state index contributed by atoms with van der Waals surface area (Å²) in [6.45, 7) is 8.40. The van der Waals surface area contributed by atoms with Crippen molar-refractivity contribution in [3.63, 3.8) is 0 Å². The zero-order valence-electron chi connectivity index (χ0n) is 16.8. The summed E-state index contributed by atoms with van der Waals surface area (Å²) in [5.41, 5.74) is 3.74. The molecule has 0 atom stereocenters. The predicted molar refractivity (Wildman–Crippen MR) is 119 cm³/mol. The Hall–Kier alpha value is -2.14. The molecule has 3 aromatic rings. The van der Waals surface area contributed by atoms with Crippen LogP contribution < -0.4 is 0 Å². The molecule has 0 unspecified atom stereocenters. The maximum atomic E-state index is 6.51. The summed E-state index contributed by atoms with van der Waals surface area (Å²) in [7, 11) is -0.440. The lowest BCUT2D eigenvalue weighted by molar-refractivity contribution is 0.00578. The highest BCUT2D eigenvalue weighted by atomic mass is 32.1. The van der Waals surface area contributed by atoms with Crippen LogP contribution in [0.4, 0.5) is 0 Å². The monoisotopic (exact) mass is 388 g/mol. The lowest BCUT2D eigenvalue weighted by Gasteiger charge is -2.32. The molecule has 0 aliphatic carbocycles. The Kier molecular flexibility index (Phi) is 5.04. The molecule has 0 bridgehead atoms. The fourth-order valence-corrected chi connectivity index (χ4v) is 4.24. The van der Waals surface area contributed by atoms with Crippen LogP contribution in [0.15, 0.2) is 78.2 Å². The Balaban J connectivity index is 1.98. The largest absolute Gasteiger partial charge is 0.496 e.